The number of hydrogen-bond donors (Lipinski definition) is 1. The maximum absolute atomic E-state index is 14.8. The summed E-state index contributed by atoms with van der Waals surface area (Å²) in [6, 6.07) is 7.37. The zero-order valence-electron chi connectivity index (χ0n) is 18.1. The number of carbonyl (C=O) groups is 2. The zero-order chi connectivity index (χ0) is 25.1. The molecule has 182 valence electrons. The number of rotatable bonds is 5. The van der Waals surface area contributed by atoms with E-state index in [0.29, 0.717) is 0 Å². The third kappa shape index (κ3) is 3.95. The van der Waals surface area contributed by atoms with Crippen LogP contribution in [0.15, 0.2) is 63.2 Å². The van der Waals surface area contributed by atoms with Gasteiger partial charge in [-0.25, -0.2) is 8.42 Å². The summed E-state index contributed by atoms with van der Waals surface area (Å²) in [5.74, 6) is -2.38. The van der Waals surface area contributed by atoms with Crippen LogP contribution in [-0.2, 0) is 26.2 Å². The van der Waals surface area contributed by atoms with Crippen LogP contribution in [0.4, 0.5) is 13.2 Å². The highest BCUT2D eigenvalue weighted by Crippen LogP contribution is 2.52. The Morgan fingerprint density at radius 1 is 1.12 bits per heavy atom. The third-order valence-corrected chi connectivity index (χ3v) is 7.57. The van der Waals surface area contributed by atoms with Gasteiger partial charge in [-0.15, -0.1) is 0 Å². The van der Waals surface area contributed by atoms with Crippen molar-refractivity contribution in [1.29, 1.82) is 0 Å². The predicted molar refractivity (Wildman–Crippen MR) is 115 cm³/mol. The van der Waals surface area contributed by atoms with E-state index in [1.807, 2.05) is 0 Å². The van der Waals surface area contributed by atoms with E-state index in [2.05, 4.69) is 0 Å². The fraction of sp³-hybridized carbons (Fsp3) is 0.364. The summed E-state index contributed by atoms with van der Waals surface area (Å²) in [7, 11) is -4.91. The Kier molecular flexibility index (Phi) is 5.73. The van der Waals surface area contributed by atoms with Crippen molar-refractivity contribution >= 4 is 33.3 Å². The average molecular weight is 517 g/mol. The summed E-state index contributed by atoms with van der Waals surface area (Å²) >= 11 is 5.76. The maximum Gasteiger partial charge on any atom is 0.421 e. The number of carbonyl (C=O) groups excluding carboxylic acids is 2. The molecule has 0 unspecified atom stereocenters. The number of halogens is 4. The van der Waals surface area contributed by atoms with Gasteiger partial charge in [0.15, 0.2) is 5.78 Å². The van der Waals surface area contributed by atoms with Crippen molar-refractivity contribution in [3.05, 3.63) is 64.7 Å². The lowest BCUT2D eigenvalue weighted by molar-refractivity contribution is -0.189. The first-order valence-corrected chi connectivity index (χ1v) is 12.0. The first-order chi connectivity index (χ1) is 15.7. The molecular weight excluding hydrogens is 497 g/mol. The van der Waals surface area contributed by atoms with Gasteiger partial charge in [-0.2, -0.15) is 17.9 Å². The van der Waals surface area contributed by atoms with Gasteiger partial charge in [0, 0.05) is 17.1 Å². The Morgan fingerprint density at radius 2 is 1.76 bits per heavy atom. The van der Waals surface area contributed by atoms with Crippen LogP contribution in [0.1, 0.15) is 32.4 Å². The molecule has 0 spiro atoms. The van der Waals surface area contributed by atoms with E-state index in [4.69, 9.17) is 16.0 Å². The molecule has 7 nitrogen and oxygen atoms in total. The van der Waals surface area contributed by atoms with Crippen molar-refractivity contribution in [2.45, 2.75) is 49.8 Å². The van der Waals surface area contributed by atoms with E-state index in [1.165, 1.54) is 30.5 Å². The minimum Gasteiger partial charge on any atom is -0.467 e. The largest absolute Gasteiger partial charge is 0.467 e. The van der Waals surface area contributed by atoms with Crippen molar-refractivity contribution in [1.82, 2.24) is 9.62 Å². The van der Waals surface area contributed by atoms with Crippen LogP contribution in [0.2, 0.25) is 5.02 Å². The fourth-order valence-corrected chi connectivity index (χ4v) is 5.84. The summed E-state index contributed by atoms with van der Waals surface area (Å²) in [6.07, 6.45) is -4.49. The fourth-order valence-electron chi connectivity index (χ4n) is 4.39. The molecule has 4 rings (SSSR count). The highest BCUT2D eigenvalue weighted by molar-refractivity contribution is 7.89. The van der Waals surface area contributed by atoms with Crippen molar-refractivity contribution in [3.8, 4) is 0 Å². The number of hydrogen-bond acceptors (Lipinski definition) is 5. The number of sulfonamides is 1. The zero-order valence-corrected chi connectivity index (χ0v) is 19.6. The normalized spacial score (nSPS) is 22.9. The number of benzene rings is 1. The van der Waals surface area contributed by atoms with Gasteiger partial charge in [0.25, 0.3) is 5.91 Å². The second kappa shape index (κ2) is 7.96. The Balaban J connectivity index is 1.92. The molecule has 1 aromatic carbocycles. The number of alkyl halides is 3. The molecule has 1 amide bonds. The number of furan rings is 1. The number of amides is 1. The standard InChI is InChI=1S/C22H20ClF3N2O5S/c1-20(2)10-16-18(17(29)11-20)21(22(24,25)26,19(30)28(16)12-14-4-3-9-33-14)27-34(31,32)15-7-5-13(23)6-8-15/h3-9,27H,10-12H2,1-2H3/t21-/m0/s1. The minimum absolute atomic E-state index is 0.0407. The van der Waals surface area contributed by atoms with Gasteiger partial charge in [0.05, 0.1) is 23.3 Å². The van der Waals surface area contributed by atoms with Crippen LogP contribution < -0.4 is 4.72 Å². The van der Waals surface area contributed by atoms with E-state index in [1.54, 1.807) is 18.6 Å². The summed E-state index contributed by atoms with van der Waals surface area (Å²) in [5, 5.41) is 0.167. The number of nitrogens with zero attached hydrogens (tertiary/aromatic N) is 1. The molecule has 0 fully saturated rings. The topological polar surface area (TPSA) is 96.7 Å². The Hall–Kier alpha value is -2.63. The molecule has 0 radical (unpaired) electrons. The number of Topliss-reactive ketones (excluding diaryl/α,β-unsaturated/α-hetero) is 1. The number of allylic oxidation sites excluding steroid dienone is 1. The quantitative estimate of drug-likeness (QED) is 0.642. The van der Waals surface area contributed by atoms with E-state index in [-0.39, 0.29) is 29.3 Å². The van der Waals surface area contributed by atoms with E-state index in [9.17, 15) is 31.2 Å². The summed E-state index contributed by atoms with van der Waals surface area (Å²) in [6.45, 7) is 2.99. The van der Waals surface area contributed by atoms with Gasteiger partial charge in [-0.05, 0) is 48.2 Å². The molecule has 34 heavy (non-hydrogen) atoms. The van der Waals surface area contributed by atoms with Crippen molar-refractivity contribution in [3.63, 3.8) is 0 Å². The molecule has 0 saturated carbocycles. The second-order valence-electron chi connectivity index (χ2n) is 9.04. The summed E-state index contributed by atoms with van der Waals surface area (Å²) in [5.41, 5.74) is -5.58. The molecule has 1 aromatic heterocycles. The molecule has 1 atom stereocenters. The van der Waals surface area contributed by atoms with E-state index in [0.717, 1.165) is 17.0 Å². The van der Waals surface area contributed by atoms with Gasteiger partial charge < -0.3 is 9.32 Å². The lowest BCUT2D eigenvalue weighted by Gasteiger charge is -2.35. The summed E-state index contributed by atoms with van der Waals surface area (Å²) < 4.78 is 77.2. The maximum atomic E-state index is 14.8. The Bertz CT molecular complexity index is 1280. The lowest BCUT2D eigenvalue weighted by atomic mass is 9.72. The van der Waals surface area contributed by atoms with Crippen LogP contribution >= 0.6 is 11.6 Å². The monoisotopic (exact) mass is 516 g/mol. The molecule has 0 saturated heterocycles. The molecule has 12 heteroatoms. The first kappa shape index (κ1) is 24.5. The van der Waals surface area contributed by atoms with E-state index < -0.39 is 55.9 Å². The molecule has 1 aliphatic carbocycles. The average Bonchev–Trinajstić information content (AvgIpc) is 3.28. The highest BCUT2D eigenvalue weighted by Gasteiger charge is 2.72. The van der Waals surface area contributed by atoms with Crippen LogP contribution in [0.5, 0.6) is 0 Å². The SMILES string of the molecule is CC1(C)CC(=O)C2=C(C1)N(Cc1ccco1)C(=O)[C@]2(NS(=O)(=O)c1ccc(Cl)cc1)C(F)(F)F. The van der Waals surface area contributed by atoms with Crippen LogP contribution in [0.3, 0.4) is 0 Å². The van der Waals surface area contributed by atoms with Crippen LogP contribution in [-0.4, -0.2) is 36.7 Å². The number of nitrogens with one attached hydrogen (secondary N) is 1. The highest BCUT2D eigenvalue weighted by atomic mass is 35.5. The molecule has 2 aromatic rings. The summed E-state index contributed by atoms with van der Waals surface area (Å²) in [4.78, 5) is 26.9. The minimum atomic E-state index is -5.46. The van der Waals surface area contributed by atoms with Gasteiger partial charge in [0.1, 0.15) is 5.76 Å². The second-order valence-corrected chi connectivity index (χ2v) is 11.2. The van der Waals surface area contributed by atoms with Crippen molar-refractivity contribution in [2.24, 2.45) is 5.41 Å². The Labute approximate surface area is 198 Å². The lowest BCUT2D eigenvalue weighted by Crippen LogP contribution is -2.66. The first-order valence-electron chi connectivity index (χ1n) is 10.2. The predicted octanol–water partition coefficient (Wildman–Crippen LogP) is 4.20. The van der Waals surface area contributed by atoms with E-state index >= 15 is 0 Å². The molecule has 1 N–H and O–H groups in total. The Morgan fingerprint density at radius 3 is 2.32 bits per heavy atom. The van der Waals surface area contributed by atoms with Crippen LogP contribution in [0, 0.1) is 5.41 Å². The number of ketones is 1. The molecule has 2 aliphatic rings. The van der Waals surface area contributed by atoms with Gasteiger partial charge in [-0.1, -0.05) is 25.4 Å². The smallest absolute Gasteiger partial charge is 0.421 e. The van der Waals surface area contributed by atoms with Crippen LogP contribution in [0.25, 0.3) is 0 Å². The molecule has 0 bridgehead atoms. The van der Waals surface area contributed by atoms with Crippen molar-refractivity contribution in [2.75, 3.05) is 0 Å². The third-order valence-electron chi connectivity index (χ3n) is 5.85. The van der Waals surface area contributed by atoms with Gasteiger partial charge >= 0.3 is 6.18 Å². The molecule has 1 aliphatic heterocycles. The molecule has 2 heterocycles. The molecular formula is C22H20ClF3N2O5S. The van der Waals surface area contributed by atoms with Gasteiger partial charge in [-0.3, -0.25) is 9.59 Å². The van der Waals surface area contributed by atoms with Crippen molar-refractivity contribution < 1.29 is 35.6 Å². The van der Waals surface area contributed by atoms with Gasteiger partial charge in [0.2, 0.25) is 15.6 Å².